The van der Waals surface area contributed by atoms with Gasteiger partial charge in [-0.1, -0.05) is 0 Å². The Hall–Kier alpha value is -2.48. The highest BCUT2D eigenvalue weighted by Crippen LogP contribution is 2.21. The highest BCUT2D eigenvalue weighted by Gasteiger charge is 2.21. The molecule has 2 aromatic carbocycles. The van der Waals surface area contributed by atoms with E-state index in [9.17, 15) is 31.9 Å². The van der Waals surface area contributed by atoms with Crippen LogP contribution in [0.1, 0.15) is 27.5 Å². The first-order chi connectivity index (χ1) is 11.2. The number of aryl methyl sites for hydroxylation is 1. The number of hydrogen-bond donors (Lipinski definition) is 2. The summed E-state index contributed by atoms with van der Waals surface area (Å²) in [6.07, 6.45) is 0. The molecule has 0 saturated carbocycles. The number of nitrogens with one attached hydrogen (secondary N) is 1. The van der Waals surface area contributed by atoms with E-state index in [0.29, 0.717) is 18.2 Å². The number of hydrogen-bond acceptors (Lipinski definition) is 2. The number of aliphatic hydroxyl groups excluding tert-OH is 1. The first-order valence-corrected chi connectivity index (χ1v) is 6.76. The Balaban J connectivity index is 2.31. The third kappa shape index (κ3) is 3.53. The largest absolute Gasteiger partial charge is 0.394 e. The predicted octanol–water partition coefficient (Wildman–Crippen LogP) is 3.15. The van der Waals surface area contributed by atoms with Crippen molar-refractivity contribution in [1.29, 1.82) is 0 Å². The molecule has 0 bridgehead atoms. The van der Waals surface area contributed by atoms with Gasteiger partial charge >= 0.3 is 0 Å². The van der Waals surface area contributed by atoms with Crippen molar-refractivity contribution in [3.8, 4) is 0 Å². The minimum atomic E-state index is -1.69. The molecule has 128 valence electrons. The average Bonchev–Trinajstić information content (AvgIpc) is 2.53. The monoisotopic (exact) mass is 345 g/mol. The second-order valence-electron chi connectivity index (χ2n) is 5.09. The first kappa shape index (κ1) is 17.9. The van der Waals surface area contributed by atoms with Crippen LogP contribution in [0.4, 0.5) is 22.0 Å². The maximum atomic E-state index is 13.7. The summed E-state index contributed by atoms with van der Waals surface area (Å²) in [6, 6.07) is 1.37. The number of carbonyl (C=O) groups is 1. The van der Waals surface area contributed by atoms with Gasteiger partial charge in [-0.15, -0.1) is 0 Å². The third-order valence-electron chi connectivity index (χ3n) is 3.39. The van der Waals surface area contributed by atoms with Crippen LogP contribution in [0.5, 0.6) is 0 Å². The summed E-state index contributed by atoms with van der Waals surface area (Å²) in [5, 5.41) is 11.4. The Bertz CT molecular complexity index is 771. The molecule has 2 rings (SSSR count). The van der Waals surface area contributed by atoms with Crippen LogP contribution in [-0.2, 0) is 0 Å². The fourth-order valence-electron chi connectivity index (χ4n) is 2.08. The molecule has 24 heavy (non-hydrogen) atoms. The molecule has 0 spiro atoms. The van der Waals surface area contributed by atoms with Crippen LogP contribution in [0.2, 0.25) is 0 Å². The molecule has 0 fully saturated rings. The molecule has 0 aliphatic rings. The van der Waals surface area contributed by atoms with Gasteiger partial charge in [-0.2, -0.15) is 0 Å². The molecule has 2 N–H and O–H groups in total. The molecule has 0 heterocycles. The lowest BCUT2D eigenvalue weighted by Gasteiger charge is -2.18. The van der Waals surface area contributed by atoms with Crippen molar-refractivity contribution in [2.24, 2.45) is 0 Å². The van der Waals surface area contributed by atoms with Gasteiger partial charge in [0.15, 0.2) is 17.5 Å². The fourth-order valence-corrected chi connectivity index (χ4v) is 2.08. The maximum absolute atomic E-state index is 13.7. The Morgan fingerprint density at radius 1 is 1.00 bits per heavy atom. The Labute approximate surface area is 133 Å². The van der Waals surface area contributed by atoms with E-state index in [1.165, 1.54) is 6.92 Å². The molecular weight excluding hydrogens is 333 g/mol. The molecule has 8 heteroatoms. The van der Waals surface area contributed by atoms with E-state index in [1.807, 2.05) is 0 Å². The van der Waals surface area contributed by atoms with E-state index >= 15 is 0 Å². The summed E-state index contributed by atoms with van der Waals surface area (Å²) in [4.78, 5) is 12.1. The lowest BCUT2D eigenvalue weighted by atomic mass is 10.1. The van der Waals surface area contributed by atoms with E-state index in [2.05, 4.69) is 5.32 Å². The van der Waals surface area contributed by atoms with Crippen molar-refractivity contribution < 1.29 is 31.9 Å². The fraction of sp³-hybridized carbons (Fsp3) is 0.188. The van der Waals surface area contributed by atoms with Crippen molar-refractivity contribution in [2.75, 3.05) is 6.61 Å². The lowest BCUT2D eigenvalue weighted by molar-refractivity contribution is 0.0911. The second kappa shape index (κ2) is 6.96. The minimum absolute atomic E-state index is 0.0148. The quantitative estimate of drug-likeness (QED) is 0.661. The van der Waals surface area contributed by atoms with E-state index in [-0.39, 0.29) is 11.1 Å². The van der Waals surface area contributed by atoms with E-state index in [1.54, 1.807) is 0 Å². The molecular formula is C16H12F5NO2. The van der Waals surface area contributed by atoms with Crippen molar-refractivity contribution in [2.45, 2.75) is 13.0 Å². The summed E-state index contributed by atoms with van der Waals surface area (Å²) in [6.45, 7) is 0.540. The van der Waals surface area contributed by atoms with Gasteiger partial charge in [0.2, 0.25) is 0 Å². The minimum Gasteiger partial charge on any atom is -0.394 e. The normalized spacial score (nSPS) is 12.1. The molecule has 2 aromatic rings. The highest BCUT2D eigenvalue weighted by molar-refractivity contribution is 5.95. The van der Waals surface area contributed by atoms with Crippen molar-refractivity contribution in [3.05, 3.63) is 70.0 Å². The van der Waals surface area contributed by atoms with Crippen LogP contribution >= 0.6 is 0 Å². The Morgan fingerprint density at radius 3 is 2.12 bits per heavy atom. The zero-order valence-corrected chi connectivity index (χ0v) is 12.3. The van der Waals surface area contributed by atoms with Crippen LogP contribution < -0.4 is 5.32 Å². The average molecular weight is 345 g/mol. The van der Waals surface area contributed by atoms with Crippen molar-refractivity contribution in [3.63, 3.8) is 0 Å². The molecule has 1 unspecified atom stereocenters. The second-order valence-corrected chi connectivity index (χ2v) is 5.09. The van der Waals surface area contributed by atoms with Crippen LogP contribution in [0.3, 0.4) is 0 Å². The van der Waals surface area contributed by atoms with Gasteiger partial charge in [-0.05, 0) is 36.2 Å². The molecule has 0 aliphatic carbocycles. The lowest BCUT2D eigenvalue weighted by Crippen LogP contribution is -2.31. The molecule has 1 amide bonds. The van der Waals surface area contributed by atoms with Gasteiger partial charge in [-0.25, -0.2) is 22.0 Å². The van der Waals surface area contributed by atoms with Crippen LogP contribution in [0, 0.1) is 36.0 Å². The highest BCUT2D eigenvalue weighted by atomic mass is 19.2. The maximum Gasteiger partial charge on any atom is 0.254 e. The van der Waals surface area contributed by atoms with Gasteiger partial charge < -0.3 is 10.4 Å². The summed E-state index contributed by atoms with van der Waals surface area (Å²) in [7, 11) is 0. The Kier molecular flexibility index (Phi) is 5.18. The van der Waals surface area contributed by atoms with Crippen molar-refractivity contribution in [1.82, 2.24) is 5.32 Å². The number of benzene rings is 2. The number of rotatable bonds is 4. The summed E-state index contributed by atoms with van der Waals surface area (Å²) >= 11 is 0. The van der Waals surface area contributed by atoms with Gasteiger partial charge in [-0.3, -0.25) is 4.79 Å². The van der Waals surface area contributed by atoms with Crippen LogP contribution in [0.15, 0.2) is 24.3 Å². The standard InChI is InChI=1S/C16H12F5NO2/c1-7-2-9(11(18)5-10(7)17)16(24)22-14(6-23)8-3-12(19)15(21)13(20)4-8/h2-5,14,23H,6H2,1H3,(H,22,24). The summed E-state index contributed by atoms with van der Waals surface area (Å²) in [5.74, 6) is -7.70. The Morgan fingerprint density at radius 2 is 1.58 bits per heavy atom. The summed E-state index contributed by atoms with van der Waals surface area (Å²) in [5.41, 5.74) is -0.738. The van der Waals surface area contributed by atoms with Gasteiger partial charge in [0.25, 0.3) is 5.91 Å². The van der Waals surface area contributed by atoms with Crippen LogP contribution in [-0.4, -0.2) is 17.6 Å². The number of aliphatic hydroxyl groups is 1. The molecule has 3 nitrogen and oxygen atoms in total. The van der Waals surface area contributed by atoms with E-state index < -0.39 is 53.2 Å². The number of halogens is 5. The predicted molar refractivity (Wildman–Crippen MR) is 74.7 cm³/mol. The molecule has 0 saturated heterocycles. The zero-order chi connectivity index (χ0) is 18.0. The van der Waals surface area contributed by atoms with Gasteiger partial charge in [0.05, 0.1) is 18.2 Å². The summed E-state index contributed by atoms with van der Waals surface area (Å²) < 4.78 is 66.3. The van der Waals surface area contributed by atoms with E-state index in [0.717, 1.165) is 6.07 Å². The third-order valence-corrected chi connectivity index (χ3v) is 3.39. The molecule has 0 aliphatic heterocycles. The topological polar surface area (TPSA) is 49.3 Å². The SMILES string of the molecule is Cc1cc(C(=O)NC(CO)c2cc(F)c(F)c(F)c2)c(F)cc1F. The van der Waals surface area contributed by atoms with Gasteiger partial charge in [0, 0.05) is 6.07 Å². The smallest absolute Gasteiger partial charge is 0.254 e. The molecule has 0 aromatic heterocycles. The van der Waals surface area contributed by atoms with Crippen LogP contribution in [0.25, 0.3) is 0 Å². The first-order valence-electron chi connectivity index (χ1n) is 6.76. The molecule has 0 radical (unpaired) electrons. The number of carbonyl (C=O) groups excluding carboxylic acids is 1. The van der Waals surface area contributed by atoms with Crippen molar-refractivity contribution >= 4 is 5.91 Å². The molecule has 1 atom stereocenters. The number of amides is 1. The van der Waals surface area contributed by atoms with Gasteiger partial charge in [0.1, 0.15) is 11.6 Å². The zero-order valence-electron chi connectivity index (χ0n) is 12.3. The van der Waals surface area contributed by atoms with E-state index in [4.69, 9.17) is 0 Å².